The normalized spacial score (nSPS) is 42.2. The van der Waals surface area contributed by atoms with Gasteiger partial charge in [-0.05, 0) is 37.0 Å². The largest absolute Gasteiger partial charge is 0.299 e. The van der Waals surface area contributed by atoms with E-state index >= 15 is 0 Å². The molecule has 1 heteroatoms. The highest BCUT2D eigenvalue weighted by atomic mass is 15.2. The molecule has 1 heterocycles. The lowest BCUT2D eigenvalue weighted by Crippen LogP contribution is -2.58. The first kappa shape index (κ1) is 8.28. The second-order valence-electron chi connectivity index (χ2n) is 5.85. The lowest BCUT2D eigenvalue weighted by atomic mass is 9.76. The van der Waals surface area contributed by atoms with Crippen molar-refractivity contribution in [3.8, 4) is 0 Å². The molecule has 0 aromatic carbocycles. The molecule has 2 saturated carbocycles. The van der Waals surface area contributed by atoms with Gasteiger partial charge in [0.05, 0.1) is 0 Å². The summed E-state index contributed by atoms with van der Waals surface area (Å²) in [5.41, 5.74) is 0.739. The Bertz CT molecular complexity index is 207. The molecule has 2 aliphatic carbocycles. The Hall–Kier alpha value is -0.0400. The number of hydrogen-bond donors (Lipinski definition) is 0. The summed E-state index contributed by atoms with van der Waals surface area (Å²) in [6.07, 6.45) is 9.00. The molecule has 2 atom stereocenters. The Morgan fingerprint density at radius 2 is 2.00 bits per heavy atom. The molecule has 0 spiro atoms. The summed E-state index contributed by atoms with van der Waals surface area (Å²) in [5, 5.41) is 0. The van der Waals surface area contributed by atoms with Crippen LogP contribution in [0.15, 0.2) is 0 Å². The van der Waals surface area contributed by atoms with E-state index in [0.29, 0.717) is 0 Å². The predicted octanol–water partition coefficient (Wildman–Crippen LogP) is 2.66. The number of hydrogen-bond acceptors (Lipinski definition) is 1. The van der Waals surface area contributed by atoms with E-state index in [1.165, 1.54) is 51.6 Å². The molecule has 0 amide bonds. The van der Waals surface area contributed by atoms with Crippen LogP contribution in [0.5, 0.6) is 0 Å². The van der Waals surface area contributed by atoms with Crippen LogP contribution in [0.2, 0.25) is 0 Å². The van der Waals surface area contributed by atoms with Crippen LogP contribution in [0, 0.1) is 11.3 Å². The average molecular weight is 179 g/mol. The molecule has 1 aliphatic heterocycles. The van der Waals surface area contributed by atoms with Gasteiger partial charge in [0.25, 0.3) is 0 Å². The Morgan fingerprint density at radius 3 is 2.69 bits per heavy atom. The van der Waals surface area contributed by atoms with Crippen molar-refractivity contribution in [3.63, 3.8) is 0 Å². The summed E-state index contributed by atoms with van der Waals surface area (Å²) in [6.45, 7) is 5.30. The highest BCUT2D eigenvalue weighted by Crippen LogP contribution is 2.48. The molecule has 74 valence electrons. The first-order valence-corrected chi connectivity index (χ1v) is 6.01. The summed E-state index contributed by atoms with van der Waals surface area (Å²) >= 11 is 0. The number of fused-ring (bicyclic) bond motifs is 1. The second-order valence-corrected chi connectivity index (χ2v) is 5.85. The summed E-state index contributed by atoms with van der Waals surface area (Å²) < 4.78 is 0. The summed E-state index contributed by atoms with van der Waals surface area (Å²) in [6, 6.07) is 1.01. The molecule has 13 heavy (non-hydrogen) atoms. The van der Waals surface area contributed by atoms with E-state index in [2.05, 4.69) is 11.8 Å². The van der Waals surface area contributed by atoms with Crippen molar-refractivity contribution >= 4 is 0 Å². The first-order valence-electron chi connectivity index (χ1n) is 6.01. The van der Waals surface area contributed by atoms with Crippen LogP contribution in [-0.2, 0) is 0 Å². The fourth-order valence-corrected chi connectivity index (χ4v) is 3.22. The van der Waals surface area contributed by atoms with Crippen LogP contribution in [0.4, 0.5) is 0 Å². The molecule has 0 aromatic rings. The summed E-state index contributed by atoms with van der Waals surface area (Å²) in [5.74, 6) is 1.09. The fraction of sp³-hybridized carbons (Fsp3) is 1.00. The van der Waals surface area contributed by atoms with Gasteiger partial charge in [-0.1, -0.05) is 19.8 Å². The molecular weight excluding hydrogens is 158 g/mol. The van der Waals surface area contributed by atoms with Crippen LogP contribution in [0.3, 0.4) is 0 Å². The van der Waals surface area contributed by atoms with Crippen LogP contribution >= 0.6 is 0 Å². The van der Waals surface area contributed by atoms with E-state index in [1.807, 2.05) is 0 Å². The Balaban J connectivity index is 1.56. The predicted molar refractivity (Wildman–Crippen MR) is 54.7 cm³/mol. The molecule has 1 nitrogen and oxygen atoms in total. The Labute approximate surface area is 81.5 Å². The maximum absolute atomic E-state index is 2.77. The summed E-state index contributed by atoms with van der Waals surface area (Å²) in [4.78, 5) is 2.77. The average Bonchev–Trinajstić information content (AvgIpc) is 2.81. The van der Waals surface area contributed by atoms with Crippen molar-refractivity contribution in [1.29, 1.82) is 0 Å². The van der Waals surface area contributed by atoms with E-state index in [1.54, 1.807) is 0 Å². The van der Waals surface area contributed by atoms with Gasteiger partial charge in [-0.15, -0.1) is 0 Å². The van der Waals surface area contributed by atoms with Gasteiger partial charge in [-0.3, -0.25) is 4.90 Å². The number of rotatable bonds is 2. The van der Waals surface area contributed by atoms with Crippen molar-refractivity contribution in [3.05, 3.63) is 0 Å². The van der Waals surface area contributed by atoms with Crippen molar-refractivity contribution < 1.29 is 0 Å². The monoisotopic (exact) mass is 179 g/mol. The van der Waals surface area contributed by atoms with Gasteiger partial charge >= 0.3 is 0 Å². The van der Waals surface area contributed by atoms with E-state index in [4.69, 9.17) is 0 Å². The molecule has 3 fully saturated rings. The van der Waals surface area contributed by atoms with Gasteiger partial charge < -0.3 is 0 Å². The highest BCUT2D eigenvalue weighted by Gasteiger charge is 2.46. The molecule has 3 aliphatic rings. The van der Waals surface area contributed by atoms with Gasteiger partial charge in [-0.2, -0.15) is 0 Å². The SMILES string of the molecule is CC1(CN2CC3CCCCC32)CC1. The van der Waals surface area contributed by atoms with E-state index < -0.39 is 0 Å². The van der Waals surface area contributed by atoms with Crippen LogP contribution < -0.4 is 0 Å². The van der Waals surface area contributed by atoms with E-state index in [-0.39, 0.29) is 0 Å². The van der Waals surface area contributed by atoms with Gasteiger partial charge in [0.2, 0.25) is 0 Å². The van der Waals surface area contributed by atoms with E-state index in [9.17, 15) is 0 Å². The van der Waals surface area contributed by atoms with Gasteiger partial charge in [0.15, 0.2) is 0 Å². The Morgan fingerprint density at radius 1 is 1.23 bits per heavy atom. The molecule has 0 N–H and O–H groups in total. The maximum atomic E-state index is 2.77. The second kappa shape index (κ2) is 2.73. The number of nitrogens with zero attached hydrogens (tertiary/aromatic N) is 1. The van der Waals surface area contributed by atoms with Gasteiger partial charge in [-0.25, -0.2) is 0 Å². The van der Waals surface area contributed by atoms with Crippen molar-refractivity contribution in [1.82, 2.24) is 4.90 Å². The molecule has 1 saturated heterocycles. The van der Waals surface area contributed by atoms with Gasteiger partial charge in [0.1, 0.15) is 0 Å². The standard InChI is InChI=1S/C12H21N/c1-12(6-7-12)9-13-8-10-4-2-3-5-11(10)13/h10-11H,2-9H2,1H3. The minimum atomic E-state index is 0.739. The minimum Gasteiger partial charge on any atom is -0.299 e. The molecule has 0 aromatic heterocycles. The summed E-state index contributed by atoms with van der Waals surface area (Å²) in [7, 11) is 0. The van der Waals surface area contributed by atoms with Crippen LogP contribution in [-0.4, -0.2) is 24.0 Å². The van der Waals surface area contributed by atoms with Gasteiger partial charge in [0, 0.05) is 19.1 Å². The van der Waals surface area contributed by atoms with Crippen molar-refractivity contribution in [2.75, 3.05) is 13.1 Å². The third kappa shape index (κ3) is 1.41. The maximum Gasteiger partial charge on any atom is 0.0136 e. The third-order valence-electron chi connectivity index (χ3n) is 4.50. The zero-order chi connectivity index (χ0) is 8.89. The lowest BCUT2D eigenvalue weighted by molar-refractivity contribution is -0.0262. The molecule has 0 bridgehead atoms. The third-order valence-corrected chi connectivity index (χ3v) is 4.50. The first-order chi connectivity index (χ1) is 6.27. The fourth-order valence-electron chi connectivity index (χ4n) is 3.22. The van der Waals surface area contributed by atoms with Crippen LogP contribution in [0.1, 0.15) is 45.4 Å². The van der Waals surface area contributed by atoms with Crippen molar-refractivity contribution in [2.45, 2.75) is 51.5 Å². The molecule has 3 rings (SSSR count). The lowest BCUT2D eigenvalue weighted by Gasteiger charge is -2.52. The Kier molecular flexibility index (Phi) is 1.74. The highest BCUT2D eigenvalue weighted by molar-refractivity contribution is 5.00. The van der Waals surface area contributed by atoms with E-state index in [0.717, 1.165) is 17.4 Å². The minimum absolute atomic E-state index is 0.739. The molecular formula is C12H21N. The van der Waals surface area contributed by atoms with Crippen LogP contribution in [0.25, 0.3) is 0 Å². The quantitative estimate of drug-likeness (QED) is 0.630. The topological polar surface area (TPSA) is 3.24 Å². The molecule has 0 radical (unpaired) electrons. The zero-order valence-electron chi connectivity index (χ0n) is 8.76. The van der Waals surface area contributed by atoms with Crippen molar-refractivity contribution in [2.24, 2.45) is 11.3 Å². The smallest absolute Gasteiger partial charge is 0.0136 e. The molecule has 2 unspecified atom stereocenters. The zero-order valence-corrected chi connectivity index (χ0v) is 8.76. The number of likely N-dealkylation sites (tertiary alicyclic amines) is 1.